The van der Waals surface area contributed by atoms with Crippen LogP contribution in [0, 0.1) is 6.92 Å². The van der Waals surface area contributed by atoms with Gasteiger partial charge in [-0.15, -0.1) is 11.3 Å². The maximum Gasteiger partial charge on any atom is 0.349 e. The van der Waals surface area contributed by atoms with Crippen LogP contribution in [-0.2, 0) is 16.1 Å². The molecule has 1 atom stereocenters. The molecule has 0 aliphatic rings. The summed E-state index contributed by atoms with van der Waals surface area (Å²) in [5.74, 6) is -0.668. The molecule has 3 aromatic rings. The fourth-order valence-corrected chi connectivity index (χ4v) is 3.97. The van der Waals surface area contributed by atoms with Crippen molar-refractivity contribution in [2.45, 2.75) is 26.5 Å². The van der Waals surface area contributed by atoms with Gasteiger partial charge in [0.25, 0.3) is 5.91 Å². The van der Waals surface area contributed by atoms with Gasteiger partial charge in [-0.3, -0.25) is 4.79 Å². The first kappa shape index (κ1) is 18.1. The van der Waals surface area contributed by atoms with Gasteiger partial charge in [0, 0.05) is 18.3 Å². The zero-order valence-electron chi connectivity index (χ0n) is 15.1. The van der Waals surface area contributed by atoms with Crippen LogP contribution in [0.15, 0.2) is 54.6 Å². The highest BCUT2D eigenvalue weighted by molar-refractivity contribution is 7.21. The third-order valence-electron chi connectivity index (χ3n) is 4.30. The number of carbonyl (C=O) groups is 2. The standard InChI is InChI=1S/C21H21NO3S/c1-14-17-11-7-8-12-18(17)26-19(14)21(24)25-15(2)20(23)22(3)13-16-9-5-4-6-10-16/h4-12,15H,13H2,1-3H3/t15-/m0/s1. The number of nitrogens with zero attached hydrogens (tertiary/aromatic N) is 1. The van der Waals surface area contributed by atoms with Crippen LogP contribution in [0.2, 0.25) is 0 Å². The fraction of sp³-hybridized carbons (Fsp3) is 0.238. The second-order valence-corrected chi connectivity index (χ2v) is 7.33. The molecule has 0 bridgehead atoms. The first-order chi connectivity index (χ1) is 12.5. The van der Waals surface area contributed by atoms with Gasteiger partial charge in [0.1, 0.15) is 4.88 Å². The minimum Gasteiger partial charge on any atom is -0.448 e. The van der Waals surface area contributed by atoms with Crippen LogP contribution in [0.3, 0.4) is 0 Å². The Balaban J connectivity index is 1.68. The topological polar surface area (TPSA) is 46.6 Å². The number of esters is 1. The van der Waals surface area contributed by atoms with Gasteiger partial charge < -0.3 is 9.64 Å². The maximum atomic E-state index is 12.5. The Morgan fingerprint density at radius 2 is 1.73 bits per heavy atom. The molecule has 2 aromatic carbocycles. The Hall–Kier alpha value is -2.66. The molecule has 0 saturated heterocycles. The summed E-state index contributed by atoms with van der Waals surface area (Å²) >= 11 is 1.40. The first-order valence-electron chi connectivity index (χ1n) is 8.45. The predicted molar refractivity (Wildman–Crippen MR) is 104 cm³/mol. The van der Waals surface area contributed by atoms with Crippen LogP contribution in [0.5, 0.6) is 0 Å². The predicted octanol–water partition coefficient (Wildman–Crippen LogP) is 4.41. The molecule has 1 aromatic heterocycles. The van der Waals surface area contributed by atoms with Gasteiger partial charge in [0.15, 0.2) is 6.10 Å². The largest absolute Gasteiger partial charge is 0.448 e. The summed E-state index contributed by atoms with van der Waals surface area (Å²) in [6.07, 6.45) is -0.833. The summed E-state index contributed by atoms with van der Waals surface area (Å²) < 4.78 is 6.49. The summed E-state index contributed by atoms with van der Waals surface area (Å²) in [4.78, 5) is 27.2. The molecule has 0 saturated carbocycles. The van der Waals surface area contributed by atoms with E-state index in [9.17, 15) is 9.59 Å². The normalized spacial score (nSPS) is 12.0. The van der Waals surface area contributed by atoms with Crippen LogP contribution in [0.4, 0.5) is 0 Å². The summed E-state index contributed by atoms with van der Waals surface area (Å²) in [5.41, 5.74) is 1.93. The second-order valence-electron chi connectivity index (χ2n) is 6.28. The lowest BCUT2D eigenvalue weighted by molar-refractivity contribution is -0.139. The van der Waals surface area contributed by atoms with Crippen molar-refractivity contribution >= 4 is 33.3 Å². The van der Waals surface area contributed by atoms with Gasteiger partial charge in [-0.05, 0) is 36.4 Å². The molecule has 26 heavy (non-hydrogen) atoms. The lowest BCUT2D eigenvalue weighted by Crippen LogP contribution is -2.37. The number of amides is 1. The van der Waals surface area contributed by atoms with Gasteiger partial charge >= 0.3 is 5.97 Å². The molecule has 0 aliphatic carbocycles. The second kappa shape index (κ2) is 7.70. The number of carbonyl (C=O) groups excluding carboxylic acids is 2. The highest BCUT2D eigenvalue weighted by Gasteiger charge is 2.24. The quantitative estimate of drug-likeness (QED) is 0.628. The van der Waals surface area contributed by atoms with Crippen LogP contribution < -0.4 is 0 Å². The van der Waals surface area contributed by atoms with Crippen molar-refractivity contribution in [2.24, 2.45) is 0 Å². The molecular formula is C21H21NO3S. The van der Waals surface area contributed by atoms with Gasteiger partial charge in [-0.2, -0.15) is 0 Å². The zero-order chi connectivity index (χ0) is 18.7. The Bertz CT molecular complexity index is 933. The molecule has 0 radical (unpaired) electrons. The average Bonchev–Trinajstić information content (AvgIpc) is 2.99. The van der Waals surface area contributed by atoms with E-state index in [-0.39, 0.29) is 5.91 Å². The molecule has 0 spiro atoms. The molecule has 1 amide bonds. The summed E-state index contributed by atoms with van der Waals surface area (Å²) in [6.45, 7) is 4.00. The van der Waals surface area contributed by atoms with Crippen LogP contribution >= 0.6 is 11.3 Å². The number of hydrogen-bond donors (Lipinski definition) is 0. The van der Waals surface area contributed by atoms with E-state index in [1.54, 1.807) is 18.9 Å². The number of fused-ring (bicyclic) bond motifs is 1. The van der Waals surface area contributed by atoms with E-state index in [0.717, 1.165) is 21.2 Å². The third-order valence-corrected chi connectivity index (χ3v) is 5.55. The van der Waals surface area contributed by atoms with Gasteiger partial charge in [0.2, 0.25) is 0 Å². The van der Waals surface area contributed by atoms with Gasteiger partial charge in [-0.25, -0.2) is 4.79 Å². The molecule has 1 heterocycles. The number of rotatable bonds is 5. The fourth-order valence-electron chi connectivity index (χ4n) is 2.88. The van der Waals surface area contributed by atoms with Crippen molar-refractivity contribution in [3.05, 3.63) is 70.6 Å². The summed E-state index contributed by atoms with van der Waals surface area (Å²) in [6, 6.07) is 17.6. The van der Waals surface area contributed by atoms with Crippen molar-refractivity contribution in [1.82, 2.24) is 4.90 Å². The van der Waals surface area contributed by atoms with Crippen molar-refractivity contribution in [3.63, 3.8) is 0 Å². The van der Waals surface area contributed by atoms with E-state index >= 15 is 0 Å². The molecule has 3 rings (SSSR count). The number of benzene rings is 2. The maximum absolute atomic E-state index is 12.5. The highest BCUT2D eigenvalue weighted by atomic mass is 32.1. The van der Waals surface area contributed by atoms with E-state index in [4.69, 9.17) is 4.74 Å². The van der Waals surface area contributed by atoms with E-state index in [1.165, 1.54) is 11.3 Å². The van der Waals surface area contributed by atoms with Crippen molar-refractivity contribution in [2.75, 3.05) is 7.05 Å². The van der Waals surface area contributed by atoms with E-state index in [2.05, 4.69) is 0 Å². The Kier molecular flexibility index (Phi) is 5.38. The number of thiophene rings is 1. The smallest absolute Gasteiger partial charge is 0.349 e. The molecule has 0 aliphatic heterocycles. The molecule has 0 unspecified atom stereocenters. The number of hydrogen-bond acceptors (Lipinski definition) is 4. The molecule has 4 nitrogen and oxygen atoms in total. The SMILES string of the molecule is Cc1c(C(=O)O[C@@H](C)C(=O)N(C)Cc2ccccc2)sc2ccccc12. The highest BCUT2D eigenvalue weighted by Crippen LogP contribution is 2.31. The molecule has 5 heteroatoms. The minimum absolute atomic E-state index is 0.221. The lowest BCUT2D eigenvalue weighted by atomic mass is 10.1. The number of likely N-dealkylation sites (N-methyl/N-ethyl adjacent to an activating group) is 1. The van der Waals surface area contributed by atoms with E-state index in [1.807, 2.05) is 61.5 Å². The van der Waals surface area contributed by atoms with Crippen molar-refractivity contribution < 1.29 is 14.3 Å². The summed E-state index contributed by atoms with van der Waals surface area (Å²) in [7, 11) is 1.71. The van der Waals surface area contributed by atoms with Crippen LogP contribution in [0.1, 0.15) is 27.7 Å². The molecular weight excluding hydrogens is 346 g/mol. The average molecular weight is 367 g/mol. The van der Waals surface area contributed by atoms with E-state index in [0.29, 0.717) is 11.4 Å². The van der Waals surface area contributed by atoms with Gasteiger partial charge in [-0.1, -0.05) is 48.5 Å². The molecule has 0 N–H and O–H groups in total. The minimum atomic E-state index is -0.833. The van der Waals surface area contributed by atoms with E-state index < -0.39 is 12.1 Å². The number of ether oxygens (including phenoxy) is 1. The summed E-state index contributed by atoms with van der Waals surface area (Å²) in [5, 5.41) is 1.05. The molecule has 134 valence electrons. The van der Waals surface area contributed by atoms with Crippen molar-refractivity contribution in [3.8, 4) is 0 Å². The first-order valence-corrected chi connectivity index (χ1v) is 9.27. The van der Waals surface area contributed by atoms with Crippen molar-refractivity contribution in [1.29, 1.82) is 0 Å². The zero-order valence-corrected chi connectivity index (χ0v) is 15.9. The lowest BCUT2D eigenvalue weighted by Gasteiger charge is -2.21. The molecule has 0 fully saturated rings. The monoisotopic (exact) mass is 367 g/mol. The van der Waals surface area contributed by atoms with Gasteiger partial charge in [0.05, 0.1) is 0 Å². The Labute approximate surface area is 157 Å². The van der Waals surface area contributed by atoms with Crippen LogP contribution in [0.25, 0.3) is 10.1 Å². The van der Waals surface area contributed by atoms with Crippen LogP contribution in [-0.4, -0.2) is 29.9 Å². The third kappa shape index (κ3) is 3.78. The number of aryl methyl sites for hydroxylation is 1. The Morgan fingerprint density at radius 3 is 2.42 bits per heavy atom. The Morgan fingerprint density at radius 1 is 1.08 bits per heavy atom.